The molecule has 0 aliphatic carbocycles. The van der Waals surface area contributed by atoms with Crippen LogP contribution in [0.15, 0.2) is 36.9 Å². The van der Waals surface area contributed by atoms with Crippen LogP contribution < -0.4 is 5.32 Å². The molecule has 4 heteroatoms. The van der Waals surface area contributed by atoms with E-state index in [4.69, 9.17) is 0 Å². The fraction of sp³-hybridized carbons (Fsp3) is 0.273. The van der Waals surface area contributed by atoms with Crippen LogP contribution in [0.5, 0.6) is 0 Å². The minimum Gasteiger partial charge on any atom is -0.385 e. The maximum Gasteiger partial charge on any atom is 0.137 e. The molecule has 1 aromatic carbocycles. The zero-order valence-electron chi connectivity index (χ0n) is 8.72. The molecule has 0 saturated heterocycles. The summed E-state index contributed by atoms with van der Waals surface area (Å²) in [4.78, 5) is 3.91. The lowest BCUT2D eigenvalue weighted by molar-refractivity contribution is 0.685. The van der Waals surface area contributed by atoms with Crippen molar-refractivity contribution in [1.29, 1.82) is 0 Å². The number of nitrogens with zero attached hydrogens (tertiary/aromatic N) is 3. The molecule has 1 aromatic heterocycles. The van der Waals surface area contributed by atoms with Crippen LogP contribution in [0.4, 0.5) is 5.69 Å². The molecular weight excluding hydrogens is 188 g/mol. The molecule has 0 bridgehead atoms. The lowest BCUT2D eigenvalue weighted by Gasteiger charge is -2.06. The molecule has 1 heterocycles. The van der Waals surface area contributed by atoms with E-state index in [2.05, 4.69) is 40.5 Å². The second-order valence-electron chi connectivity index (χ2n) is 3.32. The van der Waals surface area contributed by atoms with E-state index in [1.807, 2.05) is 10.7 Å². The monoisotopic (exact) mass is 202 g/mol. The molecule has 4 nitrogen and oxygen atoms in total. The summed E-state index contributed by atoms with van der Waals surface area (Å²) in [6, 6.07) is 8.33. The summed E-state index contributed by atoms with van der Waals surface area (Å²) in [5, 5.41) is 7.35. The van der Waals surface area contributed by atoms with Crippen molar-refractivity contribution in [2.45, 2.75) is 13.5 Å². The van der Waals surface area contributed by atoms with Crippen molar-refractivity contribution in [3.63, 3.8) is 0 Å². The van der Waals surface area contributed by atoms with Crippen molar-refractivity contribution in [3.05, 3.63) is 42.5 Å². The Kier molecular flexibility index (Phi) is 2.97. The molecular formula is C11H14N4. The van der Waals surface area contributed by atoms with Crippen molar-refractivity contribution < 1.29 is 0 Å². The fourth-order valence-corrected chi connectivity index (χ4v) is 1.49. The third kappa shape index (κ3) is 2.56. The van der Waals surface area contributed by atoms with Crippen LogP contribution in [0, 0.1) is 0 Å². The molecule has 0 radical (unpaired) electrons. The molecule has 0 atom stereocenters. The number of benzene rings is 1. The van der Waals surface area contributed by atoms with Crippen LogP contribution in [-0.2, 0) is 6.54 Å². The molecule has 15 heavy (non-hydrogen) atoms. The van der Waals surface area contributed by atoms with Gasteiger partial charge in [0.1, 0.15) is 12.7 Å². The van der Waals surface area contributed by atoms with Gasteiger partial charge in [0.25, 0.3) is 0 Å². The highest BCUT2D eigenvalue weighted by Gasteiger charge is 1.96. The van der Waals surface area contributed by atoms with Gasteiger partial charge in [-0.1, -0.05) is 12.1 Å². The van der Waals surface area contributed by atoms with Gasteiger partial charge in [-0.25, -0.2) is 9.67 Å². The summed E-state index contributed by atoms with van der Waals surface area (Å²) >= 11 is 0. The van der Waals surface area contributed by atoms with Gasteiger partial charge in [0.05, 0.1) is 6.54 Å². The van der Waals surface area contributed by atoms with Crippen LogP contribution in [0.1, 0.15) is 12.5 Å². The maximum absolute atomic E-state index is 4.07. The predicted octanol–water partition coefficient (Wildman–Crippen LogP) is 1.76. The Morgan fingerprint density at radius 1 is 1.40 bits per heavy atom. The average molecular weight is 202 g/mol. The first-order valence-electron chi connectivity index (χ1n) is 5.03. The Balaban J connectivity index is 2.11. The minimum atomic E-state index is 0.763. The Labute approximate surface area is 89.0 Å². The quantitative estimate of drug-likeness (QED) is 0.821. The van der Waals surface area contributed by atoms with Crippen molar-refractivity contribution in [2.75, 3.05) is 11.9 Å². The van der Waals surface area contributed by atoms with Gasteiger partial charge < -0.3 is 5.32 Å². The van der Waals surface area contributed by atoms with Crippen molar-refractivity contribution in [2.24, 2.45) is 0 Å². The zero-order valence-corrected chi connectivity index (χ0v) is 8.72. The van der Waals surface area contributed by atoms with E-state index in [0.29, 0.717) is 0 Å². The van der Waals surface area contributed by atoms with Crippen molar-refractivity contribution in [1.82, 2.24) is 14.8 Å². The molecule has 0 amide bonds. The standard InChI is InChI=1S/C11H14N4/c1-2-13-11-5-3-4-10(6-11)7-15-9-12-8-14-15/h3-6,8-9,13H,2,7H2,1H3. The van der Waals surface area contributed by atoms with Gasteiger partial charge in [-0.05, 0) is 24.6 Å². The largest absolute Gasteiger partial charge is 0.385 e. The number of hydrogen-bond donors (Lipinski definition) is 1. The highest BCUT2D eigenvalue weighted by molar-refractivity contribution is 5.45. The molecule has 0 fully saturated rings. The smallest absolute Gasteiger partial charge is 0.137 e. The zero-order chi connectivity index (χ0) is 10.5. The fourth-order valence-electron chi connectivity index (χ4n) is 1.49. The van der Waals surface area contributed by atoms with E-state index in [1.54, 1.807) is 12.7 Å². The van der Waals surface area contributed by atoms with Gasteiger partial charge in [-0.2, -0.15) is 5.10 Å². The Morgan fingerprint density at radius 3 is 3.07 bits per heavy atom. The lowest BCUT2D eigenvalue weighted by Crippen LogP contribution is -2.01. The van der Waals surface area contributed by atoms with E-state index in [9.17, 15) is 0 Å². The minimum absolute atomic E-state index is 0.763. The maximum atomic E-state index is 4.07. The summed E-state index contributed by atoms with van der Waals surface area (Å²) in [7, 11) is 0. The van der Waals surface area contributed by atoms with E-state index >= 15 is 0 Å². The van der Waals surface area contributed by atoms with Crippen LogP contribution >= 0.6 is 0 Å². The highest BCUT2D eigenvalue weighted by Crippen LogP contribution is 2.10. The second kappa shape index (κ2) is 4.59. The molecule has 78 valence electrons. The van der Waals surface area contributed by atoms with Gasteiger partial charge >= 0.3 is 0 Å². The highest BCUT2D eigenvalue weighted by atomic mass is 15.3. The summed E-state index contributed by atoms with van der Waals surface area (Å²) in [6.07, 6.45) is 3.27. The van der Waals surface area contributed by atoms with Crippen molar-refractivity contribution >= 4 is 5.69 Å². The Hall–Kier alpha value is -1.84. The number of rotatable bonds is 4. The van der Waals surface area contributed by atoms with Gasteiger partial charge in [0.2, 0.25) is 0 Å². The predicted molar refractivity (Wildman–Crippen MR) is 59.7 cm³/mol. The van der Waals surface area contributed by atoms with Gasteiger partial charge in [0, 0.05) is 12.2 Å². The SMILES string of the molecule is CCNc1cccc(Cn2cncn2)c1. The van der Waals surface area contributed by atoms with E-state index < -0.39 is 0 Å². The molecule has 1 N–H and O–H groups in total. The first-order valence-corrected chi connectivity index (χ1v) is 5.03. The Morgan fingerprint density at radius 2 is 2.33 bits per heavy atom. The molecule has 0 unspecified atom stereocenters. The van der Waals surface area contributed by atoms with Crippen LogP contribution in [0.3, 0.4) is 0 Å². The van der Waals surface area contributed by atoms with Crippen LogP contribution in [0.2, 0.25) is 0 Å². The van der Waals surface area contributed by atoms with Gasteiger partial charge in [-0.15, -0.1) is 0 Å². The number of hydrogen-bond acceptors (Lipinski definition) is 3. The second-order valence-corrected chi connectivity index (χ2v) is 3.32. The summed E-state index contributed by atoms with van der Waals surface area (Å²) in [5.74, 6) is 0. The van der Waals surface area contributed by atoms with E-state index in [0.717, 1.165) is 18.8 Å². The van der Waals surface area contributed by atoms with Gasteiger partial charge in [-0.3, -0.25) is 0 Å². The number of nitrogens with one attached hydrogen (secondary N) is 1. The van der Waals surface area contributed by atoms with E-state index in [-0.39, 0.29) is 0 Å². The van der Waals surface area contributed by atoms with Crippen LogP contribution in [-0.4, -0.2) is 21.3 Å². The number of anilines is 1. The lowest BCUT2D eigenvalue weighted by atomic mass is 10.2. The van der Waals surface area contributed by atoms with Gasteiger partial charge in [0.15, 0.2) is 0 Å². The van der Waals surface area contributed by atoms with Crippen LogP contribution in [0.25, 0.3) is 0 Å². The molecule has 0 aliphatic rings. The first kappa shape index (κ1) is 9.71. The third-order valence-electron chi connectivity index (χ3n) is 2.12. The molecule has 0 saturated carbocycles. The number of aromatic nitrogens is 3. The average Bonchev–Trinajstić information content (AvgIpc) is 2.71. The summed E-state index contributed by atoms with van der Waals surface area (Å²) < 4.78 is 1.81. The normalized spacial score (nSPS) is 10.2. The summed E-state index contributed by atoms with van der Waals surface area (Å²) in [5.41, 5.74) is 2.37. The topological polar surface area (TPSA) is 42.7 Å². The Bertz CT molecular complexity index is 408. The third-order valence-corrected chi connectivity index (χ3v) is 2.12. The van der Waals surface area contributed by atoms with Crippen molar-refractivity contribution in [3.8, 4) is 0 Å². The summed E-state index contributed by atoms with van der Waals surface area (Å²) in [6.45, 7) is 3.79. The molecule has 0 aliphatic heterocycles. The first-order chi connectivity index (χ1) is 7.38. The molecule has 2 rings (SSSR count). The molecule has 2 aromatic rings. The molecule has 0 spiro atoms. The van der Waals surface area contributed by atoms with E-state index in [1.165, 1.54) is 5.56 Å².